The van der Waals surface area contributed by atoms with Crippen LogP contribution in [0.5, 0.6) is 5.75 Å². The molecule has 0 aliphatic rings. The zero-order valence-electron chi connectivity index (χ0n) is 17.6. The normalized spacial score (nSPS) is 11.0. The fourth-order valence-electron chi connectivity index (χ4n) is 3.07. The number of carbonyl (C=O) groups excluding carboxylic acids is 1. The smallest absolute Gasteiger partial charge is 0.251 e. The SMILES string of the molecule is Cc1ccccc1OCCNC(=O)c1ccc(CN(c2ccccc2)S(C)(=O)=O)cc1. The van der Waals surface area contributed by atoms with Crippen molar-refractivity contribution < 1.29 is 17.9 Å². The lowest BCUT2D eigenvalue weighted by Gasteiger charge is -2.22. The summed E-state index contributed by atoms with van der Waals surface area (Å²) in [6, 6.07) is 23.6. The lowest BCUT2D eigenvalue weighted by Crippen LogP contribution is -2.29. The molecule has 3 rings (SSSR count). The second-order valence-electron chi connectivity index (χ2n) is 7.17. The molecular weight excluding hydrogens is 412 g/mol. The van der Waals surface area contributed by atoms with Crippen molar-refractivity contribution in [2.24, 2.45) is 0 Å². The molecule has 162 valence electrons. The first-order valence-corrected chi connectivity index (χ1v) is 11.8. The number of amides is 1. The number of nitrogens with zero attached hydrogens (tertiary/aromatic N) is 1. The summed E-state index contributed by atoms with van der Waals surface area (Å²) in [5.74, 6) is 0.595. The summed E-state index contributed by atoms with van der Waals surface area (Å²) < 4.78 is 31.5. The number of carbonyl (C=O) groups is 1. The van der Waals surface area contributed by atoms with E-state index in [9.17, 15) is 13.2 Å². The fourth-order valence-corrected chi connectivity index (χ4v) is 3.96. The number of hydrogen-bond donors (Lipinski definition) is 1. The maximum atomic E-state index is 12.4. The van der Waals surface area contributed by atoms with E-state index >= 15 is 0 Å². The second kappa shape index (κ2) is 10.1. The van der Waals surface area contributed by atoms with Crippen LogP contribution in [0.2, 0.25) is 0 Å². The van der Waals surface area contributed by atoms with Gasteiger partial charge in [0.15, 0.2) is 0 Å². The van der Waals surface area contributed by atoms with Gasteiger partial charge in [0.05, 0.1) is 25.0 Å². The number of sulfonamides is 1. The summed E-state index contributed by atoms with van der Waals surface area (Å²) in [6.07, 6.45) is 1.18. The Kier molecular flexibility index (Phi) is 7.31. The van der Waals surface area contributed by atoms with Gasteiger partial charge in [0, 0.05) is 5.56 Å². The number of para-hydroxylation sites is 2. The largest absolute Gasteiger partial charge is 0.491 e. The third-order valence-corrected chi connectivity index (χ3v) is 5.87. The minimum atomic E-state index is -3.44. The Hall–Kier alpha value is -3.32. The Morgan fingerprint density at radius 1 is 0.935 bits per heavy atom. The molecule has 1 N–H and O–H groups in total. The van der Waals surface area contributed by atoms with E-state index in [2.05, 4.69) is 5.32 Å². The van der Waals surface area contributed by atoms with Gasteiger partial charge in [-0.2, -0.15) is 0 Å². The van der Waals surface area contributed by atoms with Gasteiger partial charge in [0.1, 0.15) is 12.4 Å². The molecule has 31 heavy (non-hydrogen) atoms. The Bertz CT molecular complexity index is 1110. The van der Waals surface area contributed by atoms with Gasteiger partial charge < -0.3 is 10.1 Å². The molecule has 6 nitrogen and oxygen atoms in total. The zero-order chi connectivity index (χ0) is 22.3. The summed E-state index contributed by atoms with van der Waals surface area (Å²) in [5.41, 5.74) is 2.93. The average molecular weight is 439 g/mol. The first kappa shape index (κ1) is 22.4. The number of aryl methyl sites for hydroxylation is 1. The first-order chi connectivity index (χ1) is 14.8. The summed E-state index contributed by atoms with van der Waals surface area (Å²) in [4.78, 5) is 12.4. The summed E-state index contributed by atoms with van der Waals surface area (Å²) in [7, 11) is -3.44. The quantitative estimate of drug-likeness (QED) is 0.516. The molecule has 0 aromatic heterocycles. The Morgan fingerprint density at radius 2 is 1.58 bits per heavy atom. The van der Waals surface area contributed by atoms with Crippen LogP contribution in [-0.4, -0.2) is 33.7 Å². The Labute approximate surface area is 183 Å². The molecule has 0 radical (unpaired) electrons. The third-order valence-electron chi connectivity index (χ3n) is 4.73. The summed E-state index contributed by atoms with van der Waals surface area (Å²) in [6.45, 7) is 2.91. The van der Waals surface area contributed by atoms with Crippen LogP contribution in [0, 0.1) is 6.92 Å². The van der Waals surface area contributed by atoms with E-state index in [4.69, 9.17) is 4.74 Å². The van der Waals surface area contributed by atoms with E-state index < -0.39 is 10.0 Å². The van der Waals surface area contributed by atoms with Crippen LogP contribution >= 0.6 is 0 Å². The zero-order valence-corrected chi connectivity index (χ0v) is 18.4. The molecule has 0 aliphatic heterocycles. The topological polar surface area (TPSA) is 75.7 Å². The van der Waals surface area contributed by atoms with Crippen molar-refractivity contribution in [1.29, 1.82) is 0 Å². The molecule has 0 aliphatic carbocycles. The lowest BCUT2D eigenvalue weighted by atomic mass is 10.1. The number of ether oxygens (including phenoxy) is 1. The number of anilines is 1. The maximum Gasteiger partial charge on any atom is 0.251 e. The van der Waals surface area contributed by atoms with Crippen molar-refractivity contribution in [1.82, 2.24) is 5.32 Å². The third kappa shape index (κ3) is 6.33. The van der Waals surface area contributed by atoms with Gasteiger partial charge in [-0.05, 0) is 48.4 Å². The molecule has 0 atom stereocenters. The number of hydrogen-bond acceptors (Lipinski definition) is 4. The molecule has 0 unspecified atom stereocenters. The van der Waals surface area contributed by atoms with Crippen molar-refractivity contribution in [3.05, 3.63) is 95.6 Å². The molecule has 7 heteroatoms. The van der Waals surface area contributed by atoms with Crippen LogP contribution in [0.3, 0.4) is 0 Å². The predicted octanol–water partition coefficient (Wildman–Crippen LogP) is 3.77. The van der Waals surface area contributed by atoms with Crippen molar-refractivity contribution in [3.63, 3.8) is 0 Å². The van der Waals surface area contributed by atoms with Gasteiger partial charge in [-0.25, -0.2) is 8.42 Å². The molecule has 3 aromatic carbocycles. The second-order valence-corrected chi connectivity index (χ2v) is 9.08. The Morgan fingerprint density at radius 3 is 2.23 bits per heavy atom. The minimum absolute atomic E-state index is 0.189. The van der Waals surface area contributed by atoms with Gasteiger partial charge in [0.25, 0.3) is 5.91 Å². The minimum Gasteiger partial charge on any atom is -0.491 e. The van der Waals surface area contributed by atoms with Crippen LogP contribution in [0.4, 0.5) is 5.69 Å². The summed E-state index contributed by atoms with van der Waals surface area (Å²) in [5, 5.41) is 2.83. The highest BCUT2D eigenvalue weighted by molar-refractivity contribution is 7.92. The van der Waals surface area contributed by atoms with Crippen molar-refractivity contribution in [3.8, 4) is 5.75 Å². The van der Waals surface area contributed by atoms with Gasteiger partial charge in [-0.15, -0.1) is 0 Å². The maximum absolute atomic E-state index is 12.4. The van der Waals surface area contributed by atoms with Crippen LogP contribution in [0.25, 0.3) is 0 Å². The molecule has 3 aromatic rings. The van der Waals surface area contributed by atoms with E-state index in [1.165, 1.54) is 10.6 Å². The van der Waals surface area contributed by atoms with E-state index in [1.807, 2.05) is 37.3 Å². The monoisotopic (exact) mass is 438 g/mol. The van der Waals surface area contributed by atoms with Crippen LogP contribution in [0.15, 0.2) is 78.9 Å². The van der Waals surface area contributed by atoms with Gasteiger partial charge in [-0.1, -0.05) is 48.5 Å². The van der Waals surface area contributed by atoms with Gasteiger partial charge in [0.2, 0.25) is 10.0 Å². The highest BCUT2D eigenvalue weighted by Crippen LogP contribution is 2.20. The molecule has 0 saturated carbocycles. The van der Waals surface area contributed by atoms with E-state index in [-0.39, 0.29) is 12.5 Å². The van der Waals surface area contributed by atoms with E-state index in [0.29, 0.717) is 24.4 Å². The molecule has 1 amide bonds. The van der Waals surface area contributed by atoms with Crippen molar-refractivity contribution in [2.45, 2.75) is 13.5 Å². The first-order valence-electron chi connectivity index (χ1n) is 9.93. The molecule has 0 heterocycles. The van der Waals surface area contributed by atoms with E-state index in [1.54, 1.807) is 48.5 Å². The molecule has 0 saturated heterocycles. The highest BCUT2D eigenvalue weighted by Gasteiger charge is 2.17. The standard InChI is InChI=1S/C24H26N2O4S/c1-19-8-6-7-11-23(19)30-17-16-25-24(27)21-14-12-20(13-15-21)18-26(31(2,28)29)22-9-4-3-5-10-22/h3-15H,16-18H2,1-2H3,(H,25,27). The lowest BCUT2D eigenvalue weighted by molar-refractivity contribution is 0.0947. The Balaban J connectivity index is 1.56. The number of nitrogens with one attached hydrogen (secondary N) is 1. The predicted molar refractivity (Wildman–Crippen MR) is 123 cm³/mol. The highest BCUT2D eigenvalue weighted by atomic mass is 32.2. The molecule has 0 fully saturated rings. The summed E-state index contributed by atoms with van der Waals surface area (Å²) >= 11 is 0. The fraction of sp³-hybridized carbons (Fsp3) is 0.208. The average Bonchev–Trinajstić information content (AvgIpc) is 2.76. The van der Waals surface area contributed by atoms with Gasteiger partial charge in [-0.3, -0.25) is 9.10 Å². The van der Waals surface area contributed by atoms with Crippen LogP contribution < -0.4 is 14.4 Å². The number of rotatable bonds is 9. The van der Waals surface area contributed by atoms with E-state index in [0.717, 1.165) is 16.9 Å². The van der Waals surface area contributed by atoms with Gasteiger partial charge >= 0.3 is 0 Å². The van der Waals surface area contributed by atoms with Crippen LogP contribution in [-0.2, 0) is 16.6 Å². The van der Waals surface area contributed by atoms with Crippen molar-refractivity contribution in [2.75, 3.05) is 23.7 Å². The molecular formula is C24H26N2O4S. The van der Waals surface area contributed by atoms with Crippen molar-refractivity contribution >= 4 is 21.6 Å². The van der Waals surface area contributed by atoms with Crippen LogP contribution in [0.1, 0.15) is 21.5 Å². The number of benzene rings is 3. The molecule has 0 spiro atoms. The molecule has 0 bridgehead atoms.